The third-order valence-corrected chi connectivity index (χ3v) is 3.20. The van der Waals surface area contributed by atoms with Crippen LogP contribution in [-0.4, -0.2) is 5.11 Å². The highest BCUT2D eigenvalue weighted by atomic mass is 32.1. The van der Waals surface area contributed by atoms with Crippen molar-refractivity contribution >= 4 is 28.7 Å². The van der Waals surface area contributed by atoms with E-state index in [0.29, 0.717) is 0 Å². The highest BCUT2D eigenvalue weighted by molar-refractivity contribution is 7.80. The molecule has 0 saturated heterocycles. The van der Waals surface area contributed by atoms with Crippen LogP contribution in [0.4, 0.5) is 11.4 Å². The number of rotatable bonds is 4. The molecule has 0 radical (unpaired) electrons. The smallest absolute Gasteiger partial charge is 0.232 e. The van der Waals surface area contributed by atoms with E-state index in [1.807, 2.05) is 42.5 Å². The Hall–Kier alpha value is -2.27. The van der Waals surface area contributed by atoms with E-state index in [0.717, 1.165) is 17.8 Å². The molecular formula is C18H22N4S. The molecule has 0 bridgehead atoms. The molecule has 2 aromatic rings. The maximum Gasteiger partial charge on any atom is 0.232 e. The number of thiocarbonyl (C=S) groups is 1. The molecule has 0 aliphatic heterocycles. The van der Waals surface area contributed by atoms with Crippen LogP contribution in [0.3, 0.4) is 0 Å². The number of para-hydroxylation sites is 1. The second kappa shape index (κ2) is 7.83. The first kappa shape index (κ1) is 17.1. The average Bonchev–Trinajstić information content (AvgIpc) is 2.52. The minimum absolute atomic E-state index is 0.275. The summed E-state index contributed by atoms with van der Waals surface area (Å²) in [6, 6.07) is 17.8. The van der Waals surface area contributed by atoms with Crippen molar-refractivity contribution < 1.29 is 0 Å². The fourth-order valence-corrected chi connectivity index (χ4v) is 2.16. The van der Waals surface area contributed by atoms with Gasteiger partial charge in [-0.3, -0.25) is 10.9 Å². The van der Waals surface area contributed by atoms with Gasteiger partial charge in [-0.2, -0.15) is 0 Å². The molecule has 0 saturated carbocycles. The molecule has 0 amide bonds. The quantitative estimate of drug-likeness (QED) is 0.458. The van der Waals surface area contributed by atoms with Gasteiger partial charge in [-0.05, 0) is 53.9 Å². The lowest BCUT2D eigenvalue weighted by molar-refractivity contribution is 0.411. The third kappa shape index (κ3) is 6.57. The van der Waals surface area contributed by atoms with E-state index >= 15 is 0 Å². The molecule has 23 heavy (non-hydrogen) atoms. The Bertz CT molecular complexity index is 658. The summed E-state index contributed by atoms with van der Waals surface area (Å²) in [5, 5.41) is 8.42. The molecular weight excluding hydrogens is 304 g/mol. The Balaban J connectivity index is 1.86. The van der Waals surface area contributed by atoms with Crippen molar-refractivity contribution in [3.8, 4) is 0 Å². The van der Waals surface area contributed by atoms with Crippen LogP contribution < -0.4 is 10.9 Å². The van der Waals surface area contributed by atoms with Crippen LogP contribution in [0.1, 0.15) is 26.3 Å². The Morgan fingerprint density at radius 3 is 2.26 bits per heavy atom. The average molecular weight is 326 g/mol. The molecule has 5 heteroatoms. The van der Waals surface area contributed by atoms with Crippen molar-refractivity contribution in [1.82, 2.24) is 5.43 Å². The van der Waals surface area contributed by atoms with Crippen LogP contribution in [0.2, 0.25) is 0 Å². The lowest BCUT2D eigenvalue weighted by atomic mass is 9.88. The molecule has 120 valence electrons. The van der Waals surface area contributed by atoms with Crippen molar-refractivity contribution in [1.29, 1.82) is 0 Å². The van der Waals surface area contributed by atoms with Gasteiger partial charge in [-0.25, -0.2) is 0 Å². The summed E-state index contributed by atoms with van der Waals surface area (Å²) >= 11 is 5.12. The zero-order chi connectivity index (χ0) is 16.7. The normalized spacial score (nSPS) is 11.4. The summed E-state index contributed by atoms with van der Waals surface area (Å²) in [4.78, 5) is 0. The van der Waals surface area contributed by atoms with E-state index in [4.69, 9.17) is 12.2 Å². The van der Waals surface area contributed by atoms with Gasteiger partial charge in [0.15, 0.2) is 0 Å². The molecule has 0 aliphatic carbocycles. The minimum Gasteiger partial charge on any atom is -0.299 e. The highest BCUT2D eigenvalue weighted by Crippen LogP contribution is 2.22. The Kier molecular flexibility index (Phi) is 5.82. The number of hydrazine groups is 1. The number of azo groups is 1. The number of anilines is 1. The second-order valence-electron chi connectivity index (χ2n) is 6.53. The molecule has 0 aliphatic rings. The van der Waals surface area contributed by atoms with Crippen molar-refractivity contribution in [2.45, 2.75) is 27.2 Å². The molecule has 2 N–H and O–H groups in total. The van der Waals surface area contributed by atoms with Crippen LogP contribution in [0.15, 0.2) is 64.8 Å². The fraction of sp³-hybridized carbons (Fsp3) is 0.278. The minimum atomic E-state index is 0.275. The predicted molar refractivity (Wildman–Crippen MR) is 99.9 cm³/mol. The van der Waals surface area contributed by atoms with Crippen LogP contribution in [0.5, 0.6) is 0 Å². The molecule has 0 spiro atoms. The van der Waals surface area contributed by atoms with Gasteiger partial charge >= 0.3 is 0 Å². The third-order valence-electron chi connectivity index (χ3n) is 3.01. The van der Waals surface area contributed by atoms with Gasteiger partial charge in [-0.15, -0.1) is 10.2 Å². The Morgan fingerprint density at radius 1 is 1.00 bits per heavy atom. The van der Waals surface area contributed by atoms with Gasteiger partial charge in [0.2, 0.25) is 5.11 Å². The molecule has 0 fully saturated rings. The van der Waals surface area contributed by atoms with E-state index < -0.39 is 0 Å². The van der Waals surface area contributed by atoms with E-state index in [9.17, 15) is 0 Å². The summed E-state index contributed by atoms with van der Waals surface area (Å²) in [5.41, 5.74) is 9.07. The summed E-state index contributed by atoms with van der Waals surface area (Å²) < 4.78 is 0. The monoisotopic (exact) mass is 326 g/mol. The molecule has 0 aromatic heterocycles. The van der Waals surface area contributed by atoms with Gasteiger partial charge in [0.25, 0.3) is 0 Å². The van der Waals surface area contributed by atoms with Crippen LogP contribution in [0, 0.1) is 5.41 Å². The molecule has 0 heterocycles. The Morgan fingerprint density at radius 2 is 1.65 bits per heavy atom. The van der Waals surface area contributed by atoms with Gasteiger partial charge in [-0.1, -0.05) is 51.1 Å². The van der Waals surface area contributed by atoms with E-state index in [1.54, 1.807) is 0 Å². The standard InChI is InChI=1S/C18H22N4S/c1-18(2,3)13-14-9-11-16(12-10-14)20-22-17(23)21-19-15-7-5-4-6-8-15/h4-12,19H,13H2,1-3H3,(H,21,23)/b22-20+. The number of hydrogen-bond acceptors (Lipinski definition) is 3. The van der Waals surface area contributed by atoms with E-state index in [1.165, 1.54) is 5.56 Å². The maximum atomic E-state index is 5.12. The highest BCUT2D eigenvalue weighted by Gasteiger charge is 2.10. The first-order valence-electron chi connectivity index (χ1n) is 7.54. The van der Waals surface area contributed by atoms with Crippen molar-refractivity contribution in [2.75, 3.05) is 5.43 Å². The zero-order valence-electron chi connectivity index (χ0n) is 13.7. The van der Waals surface area contributed by atoms with Crippen LogP contribution >= 0.6 is 12.2 Å². The number of nitrogens with one attached hydrogen (secondary N) is 2. The second-order valence-corrected chi connectivity index (χ2v) is 6.91. The van der Waals surface area contributed by atoms with Crippen molar-refractivity contribution in [3.05, 3.63) is 60.2 Å². The van der Waals surface area contributed by atoms with Crippen LogP contribution in [0.25, 0.3) is 0 Å². The summed E-state index contributed by atoms with van der Waals surface area (Å²) in [5.74, 6) is 0. The lowest BCUT2D eigenvalue weighted by Gasteiger charge is -2.17. The lowest BCUT2D eigenvalue weighted by Crippen LogP contribution is -2.25. The fourth-order valence-electron chi connectivity index (χ4n) is 2.07. The van der Waals surface area contributed by atoms with E-state index in [2.05, 4.69) is 54.0 Å². The van der Waals surface area contributed by atoms with Gasteiger partial charge in [0, 0.05) is 0 Å². The van der Waals surface area contributed by atoms with Crippen molar-refractivity contribution in [3.63, 3.8) is 0 Å². The molecule has 4 nitrogen and oxygen atoms in total. The molecule has 2 aromatic carbocycles. The van der Waals surface area contributed by atoms with Crippen LogP contribution in [-0.2, 0) is 6.42 Å². The number of nitrogens with zero attached hydrogens (tertiary/aromatic N) is 2. The molecule has 2 rings (SSSR count). The Labute approximate surface area is 143 Å². The number of hydrogen-bond donors (Lipinski definition) is 2. The topological polar surface area (TPSA) is 48.8 Å². The first-order valence-corrected chi connectivity index (χ1v) is 7.95. The molecule has 0 unspecified atom stereocenters. The van der Waals surface area contributed by atoms with Gasteiger partial charge in [0.1, 0.15) is 0 Å². The number of benzene rings is 2. The predicted octanol–water partition coefficient (Wildman–Crippen LogP) is 5.26. The maximum absolute atomic E-state index is 5.12. The summed E-state index contributed by atoms with van der Waals surface area (Å²) in [6.45, 7) is 6.68. The zero-order valence-corrected chi connectivity index (χ0v) is 14.5. The SMILES string of the molecule is CC(C)(C)Cc1ccc(/N=N/C(=S)NNc2ccccc2)cc1. The molecule has 0 atom stereocenters. The largest absolute Gasteiger partial charge is 0.299 e. The summed E-state index contributed by atoms with van der Waals surface area (Å²) in [6.07, 6.45) is 1.03. The first-order chi connectivity index (χ1) is 10.9. The van der Waals surface area contributed by atoms with Crippen molar-refractivity contribution in [2.24, 2.45) is 15.6 Å². The summed E-state index contributed by atoms with van der Waals surface area (Å²) in [7, 11) is 0. The van der Waals surface area contributed by atoms with Gasteiger partial charge < -0.3 is 0 Å². The van der Waals surface area contributed by atoms with Gasteiger partial charge in [0.05, 0.1) is 11.4 Å². The van der Waals surface area contributed by atoms with E-state index in [-0.39, 0.29) is 10.5 Å².